The minimum atomic E-state index is -2.86. The van der Waals surface area contributed by atoms with Crippen LogP contribution in [0, 0.1) is 0 Å². The quantitative estimate of drug-likeness (QED) is 0.817. The maximum Gasteiger partial charge on any atom is 0.151 e. The highest BCUT2D eigenvalue weighted by atomic mass is 32.2. The van der Waals surface area contributed by atoms with Gasteiger partial charge in [-0.3, -0.25) is 4.79 Å². The Kier molecular flexibility index (Phi) is 3.12. The highest BCUT2D eigenvalue weighted by Gasteiger charge is 2.30. The lowest BCUT2D eigenvalue weighted by molar-refractivity contribution is -0.116. The molecular weight excluding hydrogens is 246 g/mol. The van der Waals surface area contributed by atoms with E-state index in [1.165, 1.54) is 11.3 Å². The number of nitrogens with zero attached hydrogens (tertiary/aromatic N) is 1. The Morgan fingerprint density at radius 2 is 2.38 bits per heavy atom. The summed E-state index contributed by atoms with van der Waals surface area (Å²) in [7, 11) is -2.86. The van der Waals surface area contributed by atoms with Crippen molar-refractivity contribution in [3.05, 3.63) is 16.1 Å². The summed E-state index contributed by atoms with van der Waals surface area (Å²) in [6, 6.07) is 0. The van der Waals surface area contributed by atoms with Crippen LogP contribution in [0.15, 0.2) is 6.20 Å². The SMILES string of the molecule is CC(=O)Cc1cnc(C2CCS(=O)(=O)C2)s1. The second kappa shape index (κ2) is 4.25. The molecule has 0 aliphatic carbocycles. The standard InChI is InChI=1S/C10H13NO3S2/c1-7(12)4-9-5-11-10(15-9)8-2-3-16(13,14)6-8/h5,8H,2-4,6H2,1H3. The minimum absolute atomic E-state index is 0.0377. The van der Waals surface area contributed by atoms with Crippen molar-refractivity contribution in [3.63, 3.8) is 0 Å². The minimum Gasteiger partial charge on any atom is -0.300 e. The van der Waals surface area contributed by atoms with E-state index in [1.807, 2.05) is 0 Å². The van der Waals surface area contributed by atoms with Crippen molar-refractivity contribution in [2.24, 2.45) is 0 Å². The first-order valence-corrected chi connectivity index (χ1v) is 7.74. The molecule has 0 saturated carbocycles. The van der Waals surface area contributed by atoms with E-state index in [4.69, 9.17) is 0 Å². The van der Waals surface area contributed by atoms with E-state index < -0.39 is 9.84 Å². The molecular formula is C10H13NO3S2. The van der Waals surface area contributed by atoms with Crippen LogP contribution in [0.25, 0.3) is 0 Å². The molecule has 1 saturated heterocycles. The molecule has 0 bridgehead atoms. The summed E-state index contributed by atoms with van der Waals surface area (Å²) >= 11 is 1.46. The van der Waals surface area contributed by atoms with Gasteiger partial charge in [0.1, 0.15) is 5.78 Å². The molecule has 1 aliphatic rings. The van der Waals surface area contributed by atoms with Crippen LogP contribution in [0.2, 0.25) is 0 Å². The van der Waals surface area contributed by atoms with Gasteiger partial charge in [-0.1, -0.05) is 0 Å². The number of thiazole rings is 1. The van der Waals surface area contributed by atoms with Crippen LogP contribution >= 0.6 is 11.3 Å². The smallest absolute Gasteiger partial charge is 0.151 e. The highest BCUT2D eigenvalue weighted by molar-refractivity contribution is 7.91. The monoisotopic (exact) mass is 259 g/mol. The fourth-order valence-electron chi connectivity index (χ4n) is 1.83. The van der Waals surface area contributed by atoms with E-state index in [1.54, 1.807) is 13.1 Å². The van der Waals surface area contributed by atoms with Gasteiger partial charge in [-0.2, -0.15) is 0 Å². The molecule has 6 heteroatoms. The summed E-state index contributed by atoms with van der Waals surface area (Å²) in [5.74, 6) is 0.615. The first-order valence-electron chi connectivity index (χ1n) is 5.11. The zero-order chi connectivity index (χ0) is 11.8. The first kappa shape index (κ1) is 11.7. The van der Waals surface area contributed by atoms with Crippen molar-refractivity contribution in [2.45, 2.75) is 25.7 Å². The molecule has 88 valence electrons. The van der Waals surface area contributed by atoms with Gasteiger partial charge in [-0.15, -0.1) is 11.3 Å². The Labute approximate surface area is 98.6 Å². The van der Waals surface area contributed by atoms with Crippen LogP contribution in [0.4, 0.5) is 0 Å². The number of ketones is 1. The molecule has 1 aliphatic heterocycles. The molecule has 0 radical (unpaired) electrons. The lowest BCUT2D eigenvalue weighted by Gasteiger charge is -2.00. The summed E-state index contributed by atoms with van der Waals surface area (Å²) in [5, 5.41) is 0.859. The summed E-state index contributed by atoms with van der Waals surface area (Å²) in [4.78, 5) is 16.1. The summed E-state index contributed by atoms with van der Waals surface area (Å²) in [6.45, 7) is 1.54. The third kappa shape index (κ3) is 2.68. The number of Topliss-reactive ketones (excluding diaryl/α,β-unsaturated/α-hetero) is 1. The second-order valence-electron chi connectivity index (χ2n) is 4.14. The lowest BCUT2D eigenvalue weighted by Crippen LogP contribution is -2.03. The highest BCUT2D eigenvalue weighted by Crippen LogP contribution is 2.31. The van der Waals surface area contributed by atoms with Gasteiger partial charge in [0, 0.05) is 23.4 Å². The molecule has 1 fully saturated rings. The van der Waals surface area contributed by atoms with Crippen molar-refractivity contribution in [2.75, 3.05) is 11.5 Å². The summed E-state index contributed by atoms with van der Waals surface area (Å²) in [5.41, 5.74) is 0. The van der Waals surface area contributed by atoms with Crippen LogP contribution in [-0.4, -0.2) is 30.7 Å². The maximum atomic E-state index is 11.3. The number of carbonyl (C=O) groups excluding carboxylic acids is 1. The Balaban J connectivity index is 2.11. The predicted octanol–water partition coefficient (Wildman–Crippen LogP) is 1.18. The van der Waals surface area contributed by atoms with Crippen molar-refractivity contribution in [1.29, 1.82) is 0 Å². The average Bonchev–Trinajstić information content (AvgIpc) is 2.71. The molecule has 0 N–H and O–H groups in total. The molecule has 1 atom stereocenters. The third-order valence-corrected chi connectivity index (χ3v) is 5.50. The Bertz CT molecular complexity index is 504. The zero-order valence-electron chi connectivity index (χ0n) is 8.97. The summed E-state index contributed by atoms with van der Waals surface area (Å²) in [6.07, 6.45) is 2.75. The van der Waals surface area contributed by atoms with Crippen LogP contribution < -0.4 is 0 Å². The van der Waals surface area contributed by atoms with E-state index in [2.05, 4.69) is 4.98 Å². The number of hydrogen-bond acceptors (Lipinski definition) is 5. The Morgan fingerprint density at radius 3 is 2.94 bits per heavy atom. The van der Waals surface area contributed by atoms with E-state index in [-0.39, 0.29) is 23.2 Å². The van der Waals surface area contributed by atoms with E-state index in [0.717, 1.165) is 9.88 Å². The van der Waals surface area contributed by atoms with Crippen LogP contribution in [0.1, 0.15) is 29.1 Å². The molecule has 0 amide bonds. The number of hydrogen-bond donors (Lipinski definition) is 0. The van der Waals surface area contributed by atoms with Crippen LogP contribution in [0.3, 0.4) is 0 Å². The van der Waals surface area contributed by atoms with Gasteiger partial charge in [0.15, 0.2) is 9.84 Å². The molecule has 2 heterocycles. The summed E-state index contributed by atoms with van der Waals surface area (Å²) < 4.78 is 22.6. The van der Waals surface area contributed by atoms with Gasteiger partial charge in [-0.25, -0.2) is 13.4 Å². The van der Waals surface area contributed by atoms with E-state index in [9.17, 15) is 13.2 Å². The topological polar surface area (TPSA) is 64.1 Å². The van der Waals surface area contributed by atoms with Gasteiger partial charge in [0.05, 0.1) is 16.5 Å². The number of sulfone groups is 1. The molecule has 16 heavy (non-hydrogen) atoms. The molecule has 1 unspecified atom stereocenters. The van der Waals surface area contributed by atoms with Crippen molar-refractivity contribution in [1.82, 2.24) is 4.98 Å². The molecule has 4 nitrogen and oxygen atoms in total. The van der Waals surface area contributed by atoms with Gasteiger partial charge < -0.3 is 0 Å². The first-order chi connectivity index (χ1) is 7.46. The lowest BCUT2D eigenvalue weighted by atomic mass is 10.1. The van der Waals surface area contributed by atoms with E-state index >= 15 is 0 Å². The van der Waals surface area contributed by atoms with Gasteiger partial charge in [0.25, 0.3) is 0 Å². The molecule has 1 aromatic rings. The van der Waals surface area contributed by atoms with E-state index in [0.29, 0.717) is 12.8 Å². The molecule has 0 spiro atoms. The van der Waals surface area contributed by atoms with Crippen molar-refractivity contribution in [3.8, 4) is 0 Å². The molecule has 0 aromatic carbocycles. The number of carbonyl (C=O) groups is 1. The maximum absolute atomic E-state index is 11.3. The normalized spacial score (nSPS) is 23.4. The Morgan fingerprint density at radius 1 is 1.62 bits per heavy atom. The largest absolute Gasteiger partial charge is 0.300 e. The number of rotatable bonds is 3. The van der Waals surface area contributed by atoms with Crippen LogP contribution in [-0.2, 0) is 21.1 Å². The van der Waals surface area contributed by atoms with Crippen molar-refractivity contribution < 1.29 is 13.2 Å². The average molecular weight is 259 g/mol. The fourth-order valence-corrected chi connectivity index (χ4v) is 4.80. The molecule has 1 aromatic heterocycles. The Hall–Kier alpha value is -0.750. The third-order valence-electron chi connectivity index (χ3n) is 2.58. The number of aromatic nitrogens is 1. The van der Waals surface area contributed by atoms with Gasteiger partial charge in [-0.05, 0) is 13.3 Å². The van der Waals surface area contributed by atoms with Gasteiger partial charge >= 0.3 is 0 Å². The van der Waals surface area contributed by atoms with Crippen LogP contribution in [0.5, 0.6) is 0 Å². The van der Waals surface area contributed by atoms with Gasteiger partial charge in [0.2, 0.25) is 0 Å². The predicted molar refractivity (Wildman–Crippen MR) is 62.5 cm³/mol. The zero-order valence-corrected chi connectivity index (χ0v) is 10.6. The molecule has 2 rings (SSSR count). The fraction of sp³-hybridized carbons (Fsp3) is 0.600. The second-order valence-corrected chi connectivity index (χ2v) is 7.52. The van der Waals surface area contributed by atoms with Crippen molar-refractivity contribution >= 4 is 27.0 Å².